The first-order valence-corrected chi connectivity index (χ1v) is 9.90. The zero-order valence-corrected chi connectivity index (χ0v) is 18.1. The van der Waals surface area contributed by atoms with Gasteiger partial charge < -0.3 is 14.7 Å². The first kappa shape index (κ1) is 22.7. The van der Waals surface area contributed by atoms with Crippen LogP contribution in [0.3, 0.4) is 0 Å². The van der Waals surface area contributed by atoms with Crippen molar-refractivity contribution in [3.63, 3.8) is 0 Å². The monoisotopic (exact) mass is 429 g/mol. The normalized spacial score (nSPS) is 18.2. The van der Waals surface area contributed by atoms with Crippen LogP contribution in [0.15, 0.2) is 66.3 Å². The highest BCUT2D eigenvalue weighted by Gasteiger charge is 2.36. The molecule has 1 unspecified atom stereocenters. The number of carbonyl (C=O) groups is 3. The Bertz CT molecular complexity index is 1160. The molecule has 32 heavy (non-hydrogen) atoms. The van der Waals surface area contributed by atoms with Crippen LogP contribution in [-0.4, -0.2) is 54.5 Å². The molecule has 1 aliphatic carbocycles. The molecule has 0 radical (unpaired) electrons. The smallest absolute Gasteiger partial charge is 0.337 e. The standard InChI is InChI=1S/C26H23NO5/c1-27(2)24(29)20-10-6-18(7-11-20)5-4-15-26(31)16-14-23(28)22(26)17-19-8-12-21(13-9-19)25(30)32-3/h6-14,16-17,31H,15H2,1-3H3/b22-17-. The van der Waals surface area contributed by atoms with Gasteiger partial charge in [-0.15, -0.1) is 0 Å². The first-order valence-electron chi connectivity index (χ1n) is 9.90. The molecule has 6 nitrogen and oxygen atoms in total. The fourth-order valence-corrected chi connectivity index (χ4v) is 3.19. The molecule has 162 valence electrons. The van der Waals surface area contributed by atoms with Crippen LogP contribution in [0.5, 0.6) is 0 Å². The molecule has 0 bridgehead atoms. The lowest BCUT2D eigenvalue weighted by atomic mass is 9.91. The van der Waals surface area contributed by atoms with Gasteiger partial charge >= 0.3 is 5.97 Å². The Balaban J connectivity index is 1.77. The van der Waals surface area contributed by atoms with Crippen LogP contribution in [0.1, 0.15) is 38.3 Å². The van der Waals surface area contributed by atoms with Crippen molar-refractivity contribution in [3.05, 3.63) is 88.5 Å². The maximum Gasteiger partial charge on any atom is 0.337 e. The van der Waals surface area contributed by atoms with E-state index in [9.17, 15) is 19.5 Å². The fourth-order valence-electron chi connectivity index (χ4n) is 3.19. The molecule has 0 aromatic heterocycles. The summed E-state index contributed by atoms with van der Waals surface area (Å²) < 4.78 is 4.68. The van der Waals surface area contributed by atoms with Gasteiger partial charge in [0, 0.05) is 37.2 Å². The summed E-state index contributed by atoms with van der Waals surface area (Å²) in [4.78, 5) is 37.4. The number of aliphatic hydroxyl groups is 1. The topological polar surface area (TPSA) is 83.9 Å². The summed E-state index contributed by atoms with van der Waals surface area (Å²) in [5.74, 6) is 5.04. The summed E-state index contributed by atoms with van der Waals surface area (Å²) >= 11 is 0. The molecule has 0 aliphatic heterocycles. The molecule has 2 aromatic carbocycles. The molecule has 3 rings (SSSR count). The summed E-state index contributed by atoms with van der Waals surface area (Å²) in [5.41, 5.74) is 1.02. The molecule has 1 aliphatic rings. The number of methoxy groups -OCH3 is 1. The predicted octanol–water partition coefficient (Wildman–Crippen LogP) is 2.87. The van der Waals surface area contributed by atoms with Gasteiger partial charge in [0.05, 0.1) is 12.7 Å². The molecular weight excluding hydrogens is 406 g/mol. The van der Waals surface area contributed by atoms with E-state index in [2.05, 4.69) is 16.6 Å². The number of ether oxygens (including phenoxy) is 1. The van der Waals surface area contributed by atoms with Gasteiger partial charge in [-0.05, 0) is 60.2 Å². The summed E-state index contributed by atoms with van der Waals surface area (Å²) in [7, 11) is 4.68. The summed E-state index contributed by atoms with van der Waals surface area (Å²) in [6.45, 7) is 0. The van der Waals surface area contributed by atoms with Gasteiger partial charge in [-0.25, -0.2) is 4.79 Å². The summed E-state index contributed by atoms with van der Waals surface area (Å²) in [5, 5.41) is 11.0. The lowest BCUT2D eigenvalue weighted by Gasteiger charge is -2.19. The minimum Gasteiger partial charge on any atom is -0.465 e. The Morgan fingerprint density at radius 2 is 1.69 bits per heavy atom. The number of hydrogen-bond donors (Lipinski definition) is 1. The largest absolute Gasteiger partial charge is 0.465 e. The van der Waals surface area contributed by atoms with E-state index in [0.717, 1.165) is 0 Å². The molecule has 1 amide bonds. The molecule has 1 atom stereocenters. The van der Waals surface area contributed by atoms with Crippen molar-refractivity contribution in [1.29, 1.82) is 0 Å². The highest BCUT2D eigenvalue weighted by Crippen LogP contribution is 2.31. The minimum absolute atomic E-state index is 0.0275. The lowest BCUT2D eigenvalue weighted by molar-refractivity contribution is -0.111. The number of benzene rings is 2. The third-order valence-electron chi connectivity index (χ3n) is 5.01. The minimum atomic E-state index is -1.51. The highest BCUT2D eigenvalue weighted by molar-refractivity contribution is 6.12. The van der Waals surface area contributed by atoms with Crippen LogP contribution in [0, 0.1) is 11.8 Å². The van der Waals surface area contributed by atoms with Gasteiger partial charge in [-0.1, -0.05) is 24.0 Å². The van der Waals surface area contributed by atoms with Gasteiger partial charge in [0.15, 0.2) is 5.78 Å². The van der Waals surface area contributed by atoms with E-state index in [1.807, 2.05) is 0 Å². The molecule has 0 heterocycles. The first-order chi connectivity index (χ1) is 15.2. The van der Waals surface area contributed by atoms with E-state index >= 15 is 0 Å². The Hall–Kier alpha value is -3.95. The summed E-state index contributed by atoms with van der Waals surface area (Å²) in [6, 6.07) is 13.4. The molecule has 0 saturated heterocycles. The van der Waals surface area contributed by atoms with Crippen molar-refractivity contribution in [2.24, 2.45) is 0 Å². The van der Waals surface area contributed by atoms with E-state index in [0.29, 0.717) is 22.3 Å². The Morgan fingerprint density at radius 3 is 2.28 bits per heavy atom. The van der Waals surface area contributed by atoms with Crippen molar-refractivity contribution in [2.45, 2.75) is 12.0 Å². The summed E-state index contributed by atoms with van der Waals surface area (Å²) in [6.07, 6.45) is 4.39. The van der Waals surface area contributed by atoms with E-state index < -0.39 is 11.6 Å². The van der Waals surface area contributed by atoms with E-state index in [4.69, 9.17) is 0 Å². The maximum atomic E-state index is 12.3. The van der Waals surface area contributed by atoms with Gasteiger partial charge in [0.25, 0.3) is 5.91 Å². The van der Waals surface area contributed by atoms with E-state index in [1.165, 1.54) is 24.2 Å². The Labute approximate surface area is 186 Å². The van der Waals surface area contributed by atoms with Crippen molar-refractivity contribution >= 4 is 23.7 Å². The number of amides is 1. The highest BCUT2D eigenvalue weighted by atomic mass is 16.5. The fraction of sp³-hybridized carbons (Fsp3) is 0.192. The number of esters is 1. The van der Waals surface area contributed by atoms with Crippen LogP contribution in [0.4, 0.5) is 0 Å². The van der Waals surface area contributed by atoms with Crippen molar-refractivity contribution in [2.75, 3.05) is 21.2 Å². The van der Waals surface area contributed by atoms with Gasteiger partial charge in [0.2, 0.25) is 0 Å². The van der Waals surface area contributed by atoms with Gasteiger partial charge in [-0.3, -0.25) is 9.59 Å². The molecule has 0 fully saturated rings. The van der Waals surface area contributed by atoms with Crippen LogP contribution in [0.2, 0.25) is 0 Å². The van der Waals surface area contributed by atoms with E-state index in [1.54, 1.807) is 68.7 Å². The molecular formula is C26H23NO5. The van der Waals surface area contributed by atoms with E-state index in [-0.39, 0.29) is 23.7 Å². The average molecular weight is 429 g/mol. The Kier molecular flexibility index (Phi) is 6.72. The van der Waals surface area contributed by atoms with Crippen LogP contribution in [0.25, 0.3) is 6.08 Å². The second-order valence-electron chi connectivity index (χ2n) is 7.55. The number of nitrogens with zero attached hydrogens (tertiary/aromatic N) is 1. The average Bonchev–Trinajstić information content (AvgIpc) is 3.07. The molecule has 0 saturated carbocycles. The quantitative estimate of drug-likeness (QED) is 0.459. The molecule has 6 heteroatoms. The van der Waals surface area contributed by atoms with Crippen molar-refractivity contribution in [3.8, 4) is 11.8 Å². The van der Waals surface area contributed by atoms with Gasteiger partial charge in [0.1, 0.15) is 5.60 Å². The maximum absolute atomic E-state index is 12.3. The molecule has 2 aromatic rings. The number of hydrogen-bond acceptors (Lipinski definition) is 5. The van der Waals surface area contributed by atoms with Gasteiger partial charge in [-0.2, -0.15) is 0 Å². The second kappa shape index (κ2) is 9.46. The van der Waals surface area contributed by atoms with Crippen LogP contribution < -0.4 is 0 Å². The predicted molar refractivity (Wildman–Crippen MR) is 121 cm³/mol. The second-order valence-corrected chi connectivity index (χ2v) is 7.55. The zero-order chi connectivity index (χ0) is 23.3. The number of allylic oxidation sites excluding steroid dienone is 1. The third-order valence-corrected chi connectivity index (χ3v) is 5.01. The number of carbonyl (C=O) groups excluding carboxylic acids is 3. The zero-order valence-electron chi connectivity index (χ0n) is 18.1. The van der Waals surface area contributed by atoms with Crippen molar-refractivity contribution < 1.29 is 24.2 Å². The van der Waals surface area contributed by atoms with Crippen LogP contribution in [-0.2, 0) is 9.53 Å². The lowest BCUT2D eigenvalue weighted by Crippen LogP contribution is -2.27. The SMILES string of the molecule is COC(=O)c1ccc(/C=C2/C(=O)C=CC2(O)CC#Cc2ccc(C(=O)N(C)C)cc2)cc1. The molecule has 1 N–H and O–H groups in total. The third kappa shape index (κ3) is 5.02. The number of ketones is 1. The Morgan fingerprint density at radius 1 is 1.06 bits per heavy atom. The van der Waals surface area contributed by atoms with Crippen molar-refractivity contribution in [1.82, 2.24) is 4.90 Å². The van der Waals surface area contributed by atoms with Crippen LogP contribution >= 0.6 is 0 Å². The number of rotatable bonds is 4. The molecule has 0 spiro atoms.